The summed E-state index contributed by atoms with van der Waals surface area (Å²) < 4.78 is 0. The van der Waals surface area contributed by atoms with Crippen LogP contribution in [0.15, 0.2) is 0 Å². The van der Waals surface area contributed by atoms with Gasteiger partial charge in [0.2, 0.25) is 5.91 Å². The van der Waals surface area contributed by atoms with Crippen LogP contribution in [-0.4, -0.2) is 41.0 Å². The SMILES string of the molecule is CC(N)CCCC(C)C(=O)N1CCC[C@H](C(=O)O)C1. The first-order chi connectivity index (χ1) is 8.91. The fourth-order valence-electron chi connectivity index (χ4n) is 2.56. The molecule has 0 saturated carbocycles. The van der Waals surface area contributed by atoms with Gasteiger partial charge in [-0.25, -0.2) is 0 Å². The number of hydrogen-bond acceptors (Lipinski definition) is 3. The number of carbonyl (C=O) groups excluding carboxylic acids is 1. The molecule has 0 aliphatic carbocycles. The van der Waals surface area contributed by atoms with Crippen molar-refractivity contribution in [1.82, 2.24) is 4.90 Å². The Morgan fingerprint density at radius 3 is 2.63 bits per heavy atom. The topological polar surface area (TPSA) is 83.6 Å². The van der Waals surface area contributed by atoms with Crippen molar-refractivity contribution >= 4 is 11.9 Å². The van der Waals surface area contributed by atoms with Crippen molar-refractivity contribution in [2.45, 2.75) is 52.0 Å². The van der Waals surface area contributed by atoms with Crippen molar-refractivity contribution in [1.29, 1.82) is 0 Å². The number of nitrogens with two attached hydrogens (primary N) is 1. The fourth-order valence-corrected chi connectivity index (χ4v) is 2.56. The Bertz CT molecular complexity index is 318. The average Bonchev–Trinajstić information content (AvgIpc) is 2.37. The first-order valence-electron chi connectivity index (χ1n) is 7.19. The highest BCUT2D eigenvalue weighted by Crippen LogP contribution is 2.20. The van der Waals surface area contributed by atoms with Gasteiger partial charge in [-0.15, -0.1) is 0 Å². The van der Waals surface area contributed by atoms with E-state index in [9.17, 15) is 9.59 Å². The summed E-state index contributed by atoms with van der Waals surface area (Å²) in [6, 6.07) is 0.175. The first kappa shape index (κ1) is 16.0. The lowest BCUT2D eigenvalue weighted by Crippen LogP contribution is -2.44. The molecular formula is C14H26N2O3. The van der Waals surface area contributed by atoms with Gasteiger partial charge in [-0.2, -0.15) is 0 Å². The molecule has 1 heterocycles. The van der Waals surface area contributed by atoms with Gasteiger partial charge < -0.3 is 15.7 Å². The molecule has 0 bridgehead atoms. The first-order valence-corrected chi connectivity index (χ1v) is 7.19. The highest BCUT2D eigenvalue weighted by molar-refractivity contribution is 5.79. The molecule has 1 aliphatic rings. The van der Waals surface area contributed by atoms with Crippen molar-refractivity contribution in [3.05, 3.63) is 0 Å². The van der Waals surface area contributed by atoms with E-state index in [1.165, 1.54) is 0 Å². The summed E-state index contributed by atoms with van der Waals surface area (Å²) in [4.78, 5) is 25.0. The second-order valence-electron chi connectivity index (χ2n) is 5.77. The number of amides is 1. The summed E-state index contributed by atoms with van der Waals surface area (Å²) in [6.07, 6.45) is 4.16. The zero-order valence-electron chi connectivity index (χ0n) is 12.0. The van der Waals surface area contributed by atoms with Gasteiger partial charge in [0.15, 0.2) is 0 Å². The number of rotatable bonds is 6. The van der Waals surface area contributed by atoms with Crippen LogP contribution in [0, 0.1) is 11.8 Å². The van der Waals surface area contributed by atoms with Gasteiger partial charge in [0.05, 0.1) is 5.92 Å². The second kappa shape index (κ2) is 7.48. The Kier molecular flexibility index (Phi) is 6.28. The van der Waals surface area contributed by atoms with E-state index in [4.69, 9.17) is 10.8 Å². The monoisotopic (exact) mass is 270 g/mol. The van der Waals surface area contributed by atoms with Gasteiger partial charge >= 0.3 is 5.97 Å². The normalized spacial score (nSPS) is 22.9. The zero-order valence-corrected chi connectivity index (χ0v) is 12.0. The van der Waals surface area contributed by atoms with Gasteiger partial charge in [-0.05, 0) is 32.6 Å². The smallest absolute Gasteiger partial charge is 0.308 e. The molecule has 19 heavy (non-hydrogen) atoms. The van der Waals surface area contributed by atoms with E-state index in [0.717, 1.165) is 25.7 Å². The maximum atomic E-state index is 12.2. The molecule has 1 amide bonds. The summed E-state index contributed by atoms with van der Waals surface area (Å²) in [6.45, 7) is 4.95. The van der Waals surface area contributed by atoms with Crippen LogP contribution in [0.2, 0.25) is 0 Å². The molecule has 5 nitrogen and oxygen atoms in total. The Morgan fingerprint density at radius 1 is 1.37 bits per heavy atom. The molecule has 3 N–H and O–H groups in total. The third-order valence-electron chi connectivity index (χ3n) is 3.80. The molecule has 110 valence electrons. The summed E-state index contributed by atoms with van der Waals surface area (Å²) >= 11 is 0. The van der Waals surface area contributed by atoms with Gasteiger partial charge in [-0.1, -0.05) is 13.3 Å². The second-order valence-corrected chi connectivity index (χ2v) is 5.77. The van der Waals surface area contributed by atoms with E-state index >= 15 is 0 Å². The predicted molar refractivity (Wildman–Crippen MR) is 73.6 cm³/mol. The van der Waals surface area contributed by atoms with Crippen LogP contribution in [0.1, 0.15) is 46.0 Å². The molecule has 0 spiro atoms. The summed E-state index contributed by atoms with van der Waals surface area (Å²) in [7, 11) is 0. The highest BCUT2D eigenvalue weighted by atomic mass is 16.4. The minimum Gasteiger partial charge on any atom is -0.481 e. The zero-order chi connectivity index (χ0) is 14.4. The minimum atomic E-state index is -0.790. The molecule has 0 radical (unpaired) electrons. The quantitative estimate of drug-likeness (QED) is 0.765. The third-order valence-corrected chi connectivity index (χ3v) is 3.80. The number of aliphatic carboxylic acids is 1. The van der Waals surface area contributed by atoms with E-state index < -0.39 is 11.9 Å². The third kappa shape index (κ3) is 5.19. The number of nitrogens with zero attached hydrogens (tertiary/aromatic N) is 1. The summed E-state index contributed by atoms with van der Waals surface area (Å²) in [5.74, 6) is -1.13. The van der Waals surface area contributed by atoms with Crippen molar-refractivity contribution in [3.63, 3.8) is 0 Å². The molecule has 1 fully saturated rings. The number of likely N-dealkylation sites (tertiary alicyclic amines) is 1. The van der Waals surface area contributed by atoms with Crippen molar-refractivity contribution in [2.75, 3.05) is 13.1 Å². The predicted octanol–water partition coefficient (Wildman–Crippen LogP) is 1.46. The number of piperidine rings is 1. The van der Waals surface area contributed by atoms with Gasteiger partial charge in [0.1, 0.15) is 0 Å². The van der Waals surface area contributed by atoms with Crippen LogP contribution in [-0.2, 0) is 9.59 Å². The molecular weight excluding hydrogens is 244 g/mol. The maximum Gasteiger partial charge on any atom is 0.308 e. The maximum absolute atomic E-state index is 12.2. The molecule has 0 aromatic rings. The molecule has 0 aromatic heterocycles. The van der Waals surface area contributed by atoms with Crippen LogP contribution in [0.4, 0.5) is 0 Å². The molecule has 1 aliphatic heterocycles. The fraction of sp³-hybridized carbons (Fsp3) is 0.857. The van der Waals surface area contributed by atoms with E-state index in [2.05, 4.69) is 0 Å². The average molecular weight is 270 g/mol. The van der Waals surface area contributed by atoms with Crippen molar-refractivity contribution < 1.29 is 14.7 Å². The van der Waals surface area contributed by atoms with Crippen molar-refractivity contribution in [3.8, 4) is 0 Å². The molecule has 5 heteroatoms. The van der Waals surface area contributed by atoms with Crippen LogP contribution in [0.3, 0.4) is 0 Å². The summed E-state index contributed by atoms with van der Waals surface area (Å²) in [5, 5.41) is 9.03. The Balaban J connectivity index is 2.40. The molecule has 3 atom stereocenters. The molecule has 2 unspecified atom stereocenters. The van der Waals surface area contributed by atoms with Gasteiger partial charge in [0.25, 0.3) is 0 Å². The molecule has 1 saturated heterocycles. The lowest BCUT2D eigenvalue weighted by Gasteiger charge is -2.32. The van der Waals surface area contributed by atoms with Crippen LogP contribution in [0.5, 0.6) is 0 Å². The van der Waals surface area contributed by atoms with Crippen LogP contribution < -0.4 is 5.73 Å². The molecule has 0 aromatic carbocycles. The highest BCUT2D eigenvalue weighted by Gasteiger charge is 2.29. The van der Waals surface area contributed by atoms with E-state index in [-0.39, 0.29) is 17.9 Å². The van der Waals surface area contributed by atoms with Crippen molar-refractivity contribution in [2.24, 2.45) is 17.6 Å². The lowest BCUT2D eigenvalue weighted by atomic mass is 9.95. The van der Waals surface area contributed by atoms with Gasteiger partial charge in [0, 0.05) is 25.0 Å². The number of carbonyl (C=O) groups is 2. The Hall–Kier alpha value is -1.10. The van der Waals surface area contributed by atoms with E-state index in [0.29, 0.717) is 19.5 Å². The largest absolute Gasteiger partial charge is 0.481 e. The number of hydrogen-bond donors (Lipinski definition) is 2. The van der Waals surface area contributed by atoms with Crippen LogP contribution >= 0.6 is 0 Å². The summed E-state index contributed by atoms with van der Waals surface area (Å²) in [5.41, 5.74) is 5.69. The Labute approximate surface area is 115 Å². The van der Waals surface area contributed by atoms with E-state index in [1.54, 1.807) is 4.90 Å². The Morgan fingerprint density at radius 2 is 2.05 bits per heavy atom. The van der Waals surface area contributed by atoms with Gasteiger partial charge in [-0.3, -0.25) is 9.59 Å². The number of carboxylic acid groups (broad SMARTS) is 1. The number of carboxylic acids is 1. The molecule has 1 rings (SSSR count). The lowest BCUT2D eigenvalue weighted by molar-refractivity contribution is -0.146. The van der Waals surface area contributed by atoms with E-state index in [1.807, 2.05) is 13.8 Å². The minimum absolute atomic E-state index is 0.0358. The van der Waals surface area contributed by atoms with Crippen LogP contribution in [0.25, 0.3) is 0 Å². The standard InChI is InChI=1S/C14H26N2O3/c1-10(5-3-6-11(2)15)13(17)16-8-4-7-12(9-16)14(18)19/h10-12H,3-9,15H2,1-2H3,(H,18,19)/t10?,11?,12-/m0/s1.